The molecule has 2 aromatic heterocycles. The molecule has 206 valence electrons. The third-order valence-electron chi connectivity index (χ3n) is 6.09. The monoisotopic (exact) mass is 543 g/mol. The summed E-state index contributed by atoms with van der Waals surface area (Å²) in [6.45, 7) is 5.47. The Balaban J connectivity index is 1.75. The molecule has 0 unspecified atom stereocenters. The van der Waals surface area contributed by atoms with Gasteiger partial charge in [0.1, 0.15) is 17.2 Å². The van der Waals surface area contributed by atoms with Crippen molar-refractivity contribution in [1.82, 2.24) is 19.9 Å². The molecule has 0 bridgehead atoms. The molecule has 4 aromatic rings. The third kappa shape index (κ3) is 6.45. The molecule has 39 heavy (non-hydrogen) atoms. The molecule has 2 aromatic carbocycles. The Morgan fingerprint density at radius 1 is 1.10 bits per heavy atom. The van der Waals surface area contributed by atoms with Crippen molar-refractivity contribution in [2.45, 2.75) is 20.0 Å². The van der Waals surface area contributed by atoms with Crippen LogP contribution in [0, 0.1) is 5.82 Å². The Morgan fingerprint density at radius 2 is 1.87 bits per heavy atom. The summed E-state index contributed by atoms with van der Waals surface area (Å²) in [5.41, 5.74) is 1.33. The Labute approximate surface area is 223 Å². The molecule has 0 spiro atoms. The average molecular weight is 544 g/mol. The van der Waals surface area contributed by atoms with E-state index < -0.39 is 23.4 Å². The fraction of sp³-hybridized carbons (Fsp3) is 0.296. The number of H-pyrrole nitrogens is 1. The first kappa shape index (κ1) is 27.8. The average Bonchev–Trinajstić information content (AvgIpc) is 3.27. The summed E-state index contributed by atoms with van der Waals surface area (Å²) < 4.78 is 55.3. The van der Waals surface area contributed by atoms with Crippen LogP contribution in [0.25, 0.3) is 22.3 Å². The lowest BCUT2D eigenvalue weighted by molar-refractivity contribution is -0.137. The fourth-order valence-electron chi connectivity index (χ4n) is 4.18. The van der Waals surface area contributed by atoms with Crippen molar-refractivity contribution in [2.75, 3.05) is 49.3 Å². The van der Waals surface area contributed by atoms with Crippen molar-refractivity contribution in [1.29, 1.82) is 0 Å². The number of nitrogens with one attached hydrogen (secondary N) is 3. The lowest BCUT2D eigenvalue weighted by atomic mass is 10.1. The van der Waals surface area contributed by atoms with E-state index in [1.54, 1.807) is 18.2 Å². The molecular weight excluding hydrogens is 514 g/mol. The Hall–Kier alpha value is -4.19. The number of aromatic nitrogens is 3. The van der Waals surface area contributed by atoms with Crippen LogP contribution in [0.5, 0.6) is 0 Å². The predicted octanol–water partition coefficient (Wildman–Crippen LogP) is 5.87. The van der Waals surface area contributed by atoms with Gasteiger partial charge in [-0.1, -0.05) is 0 Å². The smallest absolute Gasteiger partial charge is 0.369 e. The van der Waals surface area contributed by atoms with Crippen LogP contribution in [0.4, 0.5) is 40.4 Å². The molecular formula is C27H29F4N7O. The van der Waals surface area contributed by atoms with Crippen LogP contribution >= 0.6 is 0 Å². The normalized spacial score (nSPS) is 11.7. The summed E-state index contributed by atoms with van der Waals surface area (Å²) >= 11 is 0. The lowest BCUT2D eigenvalue weighted by Crippen LogP contribution is -2.32. The minimum atomic E-state index is -4.73. The van der Waals surface area contributed by atoms with Gasteiger partial charge < -0.3 is 25.4 Å². The molecule has 0 aliphatic rings. The topological polar surface area (TPSA) is 89.2 Å². The van der Waals surface area contributed by atoms with Crippen LogP contribution in [0.15, 0.2) is 48.8 Å². The highest BCUT2D eigenvalue weighted by Crippen LogP contribution is 2.38. The van der Waals surface area contributed by atoms with Crippen LogP contribution in [-0.4, -0.2) is 59.5 Å². The van der Waals surface area contributed by atoms with E-state index in [2.05, 4.69) is 30.5 Å². The number of likely N-dealkylation sites (N-methyl/N-ethyl adjacent to an activating group) is 2. The Morgan fingerprint density at radius 3 is 2.54 bits per heavy atom. The van der Waals surface area contributed by atoms with E-state index in [1.165, 1.54) is 31.3 Å². The number of carbonyl (C=O) groups excluding carboxylic acids is 1. The van der Waals surface area contributed by atoms with Gasteiger partial charge in [-0.25, -0.2) is 14.4 Å². The molecule has 1 amide bonds. The van der Waals surface area contributed by atoms with Gasteiger partial charge in [-0.2, -0.15) is 13.2 Å². The SMILES string of the molecule is CCN(CCN(C)C)c1ccc(Nc2nc(-c3c[nH]c4cc(F)ccc34)ncc2C(F)(F)F)cc1NC(C)=O. The zero-order valence-electron chi connectivity index (χ0n) is 21.9. The molecule has 8 nitrogen and oxygen atoms in total. The van der Waals surface area contributed by atoms with Crippen LogP contribution in [0.2, 0.25) is 0 Å². The first-order valence-electron chi connectivity index (χ1n) is 12.3. The number of alkyl halides is 3. The van der Waals surface area contributed by atoms with E-state index >= 15 is 0 Å². The maximum Gasteiger partial charge on any atom is 0.421 e. The maximum absolute atomic E-state index is 13.9. The van der Waals surface area contributed by atoms with Crippen LogP contribution in [0.3, 0.4) is 0 Å². The van der Waals surface area contributed by atoms with Gasteiger partial charge in [0.05, 0.1) is 11.4 Å². The second-order valence-electron chi connectivity index (χ2n) is 9.27. The predicted molar refractivity (Wildman–Crippen MR) is 145 cm³/mol. The van der Waals surface area contributed by atoms with Crippen molar-refractivity contribution in [3.05, 3.63) is 60.2 Å². The summed E-state index contributed by atoms with van der Waals surface area (Å²) in [5.74, 6) is -1.19. The van der Waals surface area contributed by atoms with E-state index in [0.717, 1.165) is 18.4 Å². The summed E-state index contributed by atoms with van der Waals surface area (Å²) in [6.07, 6.45) is -2.49. The second kappa shape index (κ2) is 11.3. The summed E-state index contributed by atoms with van der Waals surface area (Å²) in [4.78, 5) is 27.1. The molecule has 3 N–H and O–H groups in total. The van der Waals surface area contributed by atoms with Gasteiger partial charge in [-0.3, -0.25) is 4.79 Å². The van der Waals surface area contributed by atoms with Crippen LogP contribution < -0.4 is 15.5 Å². The highest BCUT2D eigenvalue weighted by Gasteiger charge is 2.35. The quantitative estimate of drug-likeness (QED) is 0.229. The molecule has 0 atom stereocenters. The van der Waals surface area contributed by atoms with Gasteiger partial charge in [0.25, 0.3) is 0 Å². The molecule has 0 fully saturated rings. The van der Waals surface area contributed by atoms with Crippen molar-refractivity contribution in [3.63, 3.8) is 0 Å². The number of benzene rings is 2. The van der Waals surface area contributed by atoms with Gasteiger partial charge in [-0.15, -0.1) is 0 Å². The van der Waals surface area contributed by atoms with Crippen LogP contribution in [0.1, 0.15) is 19.4 Å². The second-order valence-corrected chi connectivity index (χ2v) is 9.27. The first-order chi connectivity index (χ1) is 18.5. The van der Waals surface area contributed by atoms with Gasteiger partial charge in [-0.05, 0) is 57.4 Å². The molecule has 0 radical (unpaired) electrons. The number of aromatic amines is 1. The molecule has 2 heterocycles. The first-order valence-corrected chi connectivity index (χ1v) is 12.3. The zero-order valence-corrected chi connectivity index (χ0v) is 21.9. The number of hydrogen-bond donors (Lipinski definition) is 3. The van der Waals surface area contributed by atoms with E-state index in [4.69, 9.17) is 0 Å². The van der Waals surface area contributed by atoms with Crippen molar-refractivity contribution in [3.8, 4) is 11.4 Å². The third-order valence-corrected chi connectivity index (χ3v) is 6.09. The molecule has 0 saturated heterocycles. The van der Waals surface area contributed by atoms with Crippen LogP contribution in [-0.2, 0) is 11.0 Å². The van der Waals surface area contributed by atoms with Crippen molar-refractivity contribution >= 4 is 39.7 Å². The molecule has 12 heteroatoms. The van der Waals surface area contributed by atoms with Gasteiger partial charge >= 0.3 is 6.18 Å². The molecule has 0 aliphatic carbocycles. The van der Waals surface area contributed by atoms with Crippen molar-refractivity contribution < 1.29 is 22.4 Å². The van der Waals surface area contributed by atoms with Gasteiger partial charge in [0.15, 0.2) is 5.82 Å². The highest BCUT2D eigenvalue weighted by atomic mass is 19.4. The lowest BCUT2D eigenvalue weighted by Gasteiger charge is -2.27. The van der Waals surface area contributed by atoms with Gasteiger partial charge in [0, 0.05) is 61.1 Å². The van der Waals surface area contributed by atoms with Gasteiger partial charge in [0.2, 0.25) is 5.91 Å². The minimum Gasteiger partial charge on any atom is -0.369 e. The summed E-state index contributed by atoms with van der Waals surface area (Å²) in [6, 6.07) is 9.01. The number of rotatable bonds is 9. The van der Waals surface area contributed by atoms with Crippen molar-refractivity contribution in [2.24, 2.45) is 0 Å². The summed E-state index contributed by atoms with van der Waals surface area (Å²) in [5, 5.41) is 6.12. The Kier molecular flexibility index (Phi) is 8.05. The fourth-order valence-corrected chi connectivity index (χ4v) is 4.18. The largest absolute Gasteiger partial charge is 0.421 e. The number of hydrogen-bond acceptors (Lipinski definition) is 6. The van der Waals surface area contributed by atoms with E-state index in [9.17, 15) is 22.4 Å². The number of fused-ring (bicyclic) bond motifs is 1. The minimum absolute atomic E-state index is 0.0305. The maximum atomic E-state index is 13.9. The number of halogens is 4. The molecule has 4 rings (SSSR count). The zero-order chi connectivity index (χ0) is 28.3. The van der Waals surface area contributed by atoms with E-state index in [1.807, 2.05) is 25.9 Å². The number of amides is 1. The standard InChI is InChI=1S/C27H29F4N7O/c1-5-38(11-10-37(3)4)24-9-7-18(13-23(24)34-16(2)39)35-26-21(27(29,30)31)15-33-25(36-26)20-14-32-22-12-17(28)6-8-19(20)22/h6-9,12-15,32H,5,10-11H2,1-4H3,(H,34,39)(H,33,35,36). The number of carbonyl (C=O) groups is 1. The summed E-state index contributed by atoms with van der Waals surface area (Å²) in [7, 11) is 3.91. The molecule has 0 saturated carbocycles. The number of anilines is 4. The van der Waals surface area contributed by atoms with E-state index in [-0.39, 0.29) is 11.7 Å². The van der Waals surface area contributed by atoms with E-state index in [0.29, 0.717) is 40.9 Å². The number of nitrogens with zero attached hydrogens (tertiary/aromatic N) is 4. The Bertz CT molecular complexity index is 1480. The molecule has 0 aliphatic heterocycles. The highest BCUT2D eigenvalue weighted by molar-refractivity contribution is 5.95.